The molecule has 0 radical (unpaired) electrons. The minimum Gasteiger partial charge on any atom is -0.348 e. The molecule has 0 saturated carbocycles. The lowest BCUT2D eigenvalue weighted by molar-refractivity contribution is 0.529. The van der Waals surface area contributed by atoms with E-state index in [0.717, 1.165) is 6.07 Å². The van der Waals surface area contributed by atoms with Crippen molar-refractivity contribution < 1.29 is 17.2 Å². The number of sulfone groups is 1. The Kier molecular flexibility index (Phi) is 5.59. The first-order chi connectivity index (χ1) is 13.8. The maximum Gasteiger partial charge on any atom is 0.185 e. The van der Waals surface area contributed by atoms with Crippen molar-refractivity contribution in [2.75, 3.05) is 18.0 Å². The molecule has 0 atom stereocenters. The van der Waals surface area contributed by atoms with Gasteiger partial charge in [-0.3, -0.25) is 0 Å². The van der Waals surface area contributed by atoms with Gasteiger partial charge in [-0.2, -0.15) is 0 Å². The number of piperidine rings is 1. The normalized spacial score (nSPS) is 15.6. The second kappa shape index (κ2) is 8.01. The summed E-state index contributed by atoms with van der Waals surface area (Å²) in [5.74, 6) is -1.30. The molecule has 9 heteroatoms. The topological polar surface area (TPSA) is 50.3 Å². The molecule has 4 nitrogen and oxygen atoms in total. The van der Waals surface area contributed by atoms with E-state index >= 15 is 0 Å². The second-order valence-corrected chi connectivity index (χ2v) is 10.4. The summed E-state index contributed by atoms with van der Waals surface area (Å²) in [5, 5.41) is 2.50. The number of hydrogen-bond acceptors (Lipinski definition) is 5. The molecule has 2 aromatic carbocycles. The molecule has 1 fully saturated rings. The lowest BCUT2D eigenvalue weighted by atomic mass is 10.1. The average Bonchev–Trinajstić information content (AvgIpc) is 3.18. The van der Waals surface area contributed by atoms with Gasteiger partial charge in [0.05, 0.1) is 15.8 Å². The highest BCUT2D eigenvalue weighted by molar-refractivity contribution is 7.92. The summed E-state index contributed by atoms with van der Waals surface area (Å²) >= 11 is 7.22. The molecular weight excluding hydrogens is 438 g/mol. The van der Waals surface area contributed by atoms with E-state index in [1.165, 1.54) is 35.6 Å². The number of aromatic nitrogens is 1. The Morgan fingerprint density at radius 1 is 1.03 bits per heavy atom. The summed E-state index contributed by atoms with van der Waals surface area (Å²) in [6.07, 6.45) is 0.961. The van der Waals surface area contributed by atoms with Crippen molar-refractivity contribution in [2.24, 2.45) is 0 Å². The number of benzene rings is 2. The Morgan fingerprint density at radius 2 is 1.66 bits per heavy atom. The van der Waals surface area contributed by atoms with Crippen LogP contribution in [0.2, 0.25) is 5.02 Å². The molecule has 3 aromatic rings. The molecule has 1 aliphatic heterocycles. The highest BCUT2D eigenvalue weighted by Gasteiger charge is 2.32. The van der Waals surface area contributed by atoms with E-state index in [0.29, 0.717) is 47.3 Å². The van der Waals surface area contributed by atoms with E-state index in [1.807, 2.05) is 4.90 Å². The van der Waals surface area contributed by atoms with Gasteiger partial charge in [0, 0.05) is 35.1 Å². The van der Waals surface area contributed by atoms with E-state index in [4.69, 9.17) is 11.6 Å². The van der Waals surface area contributed by atoms with Crippen molar-refractivity contribution >= 4 is 37.9 Å². The quantitative estimate of drug-likeness (QED) is 0.544. The molecule has 2 heterocycles. The van der Waals surface area contributed by atoms with E-state index in [-0.39, 0.29) is 4.90 Å². The number of thiazole rings is 1. The summed E-state index contributed by atoms with van der Waals surface area (Å²) in [7, 11) is -3.42. The van der Waals surface area contributed by atoms with Gasteiger partial charge in [-0.25, -0.2) is 22.2 Å². The van der Waals surface area contributed by atoms with Gasteiger partial charge >= 0.3 is 0 Å². The van der Waals surface area contributed by atoms with Crippen LogP contribution < -0.4 is 4.90 Å². The average molecular weight is 455 g/mol. The number of rotatable bonds is 4. The first-order valence-corrected chi connectivity index (χ1v) is 11.8. The predicted octanol–water partition coefficient (Wildman–Crippen LogP) is 5.18. The number of halogens is 3. The predicted molar refractivity (Wildman–Crippen MR) is 111 cm³/mol. The number of nitrogens with zero attached hydrogens (tertiary/aromatic N) is 2. The first-order valence-electron chi connectivity index (χ1n) is 8.99. The minimum absolute atomic E-state index is 0.282. The van der Waals surface area contributed by atoms with Crippen LogP contribution >= 0.6 is 22.9 Å². The smallest absolute Gasteiger partial charge is 0.185 e. The van der Waals surface area contributed by atoms with Crippen LogP contribution in [0.25, 0.3) is 11.3 Å². The second-order valence-electron chi connectivity index (χ2n) is 6.86. The molecule has 0 amide bonds. The Hall–Kier alpha value is -2.03. The van der Waals surface area contributed by atoms with Crippen molar-refractivity contribution in [1.29, 1.82) is 0 Å². The van der Waals surface area contributed by atoms with Gasteiger partial charge in [-0.1, -0.05) is 11.6 Å². The maximum atomic E-state index is 13.5. The van der Waals surface area contributed by atoms with Crippen molar-refractivity contribution in [3.8, 4) is 11.3 Å². The molecule has 0 spiro atoms. The van der Waals surface area contributed by atoms with Crippen molar-refractivity contribution in [2.45, 2.75) is 23.0 Å². The van der Waals surface area contributed by atoms with Crippen molar-refractivity contribution in [3.63, 3.8) is 0 Å². The fourth-order valence-electron chi connectivity index (χ4n) is 3.42. The third kappa shape index (κ3) is 4.29. The molecule has 152 valence electrons. The van der Waals surface area contributed by atoms with Crippen molar-refractivity contribution in [1.82, 2.24) is 4.98 Å². The zero-order valence-electron chi connectivity index (χ0n) is 15.2. The Balaban J connectivity index is 1.46. The highest BCUT2D eigenvalue weighted by atomic mass is 35.5. The zero-order chi connectivity index (χ0) is 20.6. The van der Waals surface area contributed by atoms with Gasteiger partial charge in [0.25, 0.3) is 0 Å². The van der Waals surface area contributed by atoms with Gasteiger partial charge < -0.3 is 4.90 Å². The Morgan fingerprint density at radius 3 is 2.28 bits per heavy atom. The lowest BCUT2D eigenvalue weighted by Crippen LogP contribution is -2.39. The van der Waals surface area contributed by atoms with Crippen LogP contribution in [0.15, 0.2) is 52.7 Å². The first kappa shape index (κ1) is 20.3. The fourth-order valence-corrected chi connectivity index (χ4v) is 6.16. The number of anilines is 1. The molecule has 0 N–H and O–H groups in total. The third-order valence-electron chi connectivity index (χ3n) is 4.94. The number of hydrogen-bond donors (Lipinski definition) is 0. The minimum atomic E-state index is -3.42. The van der Waals surface area contributed by atoms with E-state index in [9.17, 15) is 17.2 Å². The van der Waals surface area contributed by atoms with Crippen LogP contribution in [0.4, 0.5) is 13.9 Å². The molecule has 4 rings (SSSR count). The molecule has 0 unspecified atom stereocenters. The van der Waals surface area contributed by atoms with Gasteiger partial charge in [0.1, 0.15) is 11.6 Å². The van der Waals surface area contributed by atoms with Crippen LogP contribution in [-0.4, -0.2) is 31.7 Å². The molecule has 1 aliphatic rings. The van der Waals surface area contributed by atoms with E-state index in [2.05, 4.69) is 4.98 Å². The van der Waals surface area contributed by atoms with Gasteiger partial charge in [-0.05, 0) is 49.2 Å². The molecule has 0 aliphatic carbocycles. The van der Waals surface area contributed by atoms with Crippen molar-refractivity contribution in [3.05, 3.63) is 64.5 Å². The molecule has 1 saturated heterocycles. The molecule has 29 heavy (non-hydrogen) atoms. The third-order valence-corrected chi connectivity index (χ3v) is 8.38. The molecular formula is C20H17ClF2N2O2S2. The van der Waals surface area contributed by atoms with Crippen LogP contribution in [-0.2, 0) is 9.84 Å². The van der Waals surface area contributed by atoms with Crippen LogP contribution in [0.1, 0.15) is 12.8 Å². The summed E-state index contributed by atoms with van der Waals surface area (Å²) in [4.78, 5) is 6.78. The summed E-state index contributed by atoms with van der Waals surface area (Å²) < 4.78 is 52.6. The van der Waals surface area contributed by atoms with Gasteiger partial charge in [0.15, 0.2) is 15.0 Å². The fraction of sp³-hybridized carbons (Fsp3) is 0.250. The summed E-state index contributed by atoms with van der Waals surface area (Å²) in [6, 6.07) is 9.54. The SMILES string of the molecule is O=S(=O)(c1ccc(Cl)cc1)C1CCN(c2nc(-c3cc(F)cc(F)c3)cs2)CC1. The summed E-state index contributed by atoms with van der Waals surface area (Å²) in [5.41, 5.74) is 0.879. The molecule has 1 aromatic heterocycles. The summed E-state index contributed by atoms with van der Waals surface area (Å²) in [6.45, 7) is 1.09. The van der Waals surface area contributed by atoms with Gasteiger partial charge in [0.2, 0.25) is 0 Å². The monoisotopic (exact) mass is 454 g/mol. The highest BCUT2D eigenvalue weighted by Crippen LogP contribution is 2.32. The van der Waals surface area contributed by atoms with Crippen LogP contribution in [0, 0.1) is 11.6 Å². The Bertz CT molecular complexity index is 1110. The molecule has 0 bridgehead atoms. The maximum absolute atomic E-state index is 13.5. The van der Waals surface area contributed by atoms with E-state index in [1.54, 1.807) is 17.5 Å². The standard InChI is InChI=1S/C20H17ClF2N2O2S2/c21-14-1-3-17(4-2-14)29(26,27)18-5-7-25(8-6-18)20-24-19(12-28-20)13-9-15(22)11-16(23)10-13/h1-4,9-12,18H,5-8H2. The van der Waals surface area contributed by atoms with E-state index < -0.39 is 26.7 Å². The Labute approximate surface area is 176 Å². The van der Waals surface area contributed by atoms with Gasteiger partial charge in [-0.15, -0.1) is 11.3 Å². The lowest BCUT2D eigenvalue weighted by Gasteiger charge is -2.31. The van der Waals surface area contributed by atoms with Crippen LogP contribution in [0.5, 0.6) is 0 Å². The zero-order valence-corrected chi connectivity index (χ0v) is 17.6. The van der Waals surface area contributed by atoms with Crippen LogP contribution in [0.3, 0.4) is 0 Å². The largest absolute Gasteiger partial charge is 0.348 e.